The van der Waals surface area contributed by atoms with Gasteiger partial charge in [-0.3, -0.25) is 0 Å². The molecule has 86 valence electrons. The Hall–Kier alpha value is -0.650. The second-order valence-corrected chi connectivity index (χ2v) is 4.72. The number of anilines is 1. The van der Waals surface area contributed by atoms with Gasteiger partial charge in [0.15, 0.2) is 5.13 Å². The van der Waals surface area contributed by atoms with Crippen LogP contribution in [-0.4, -0.2) is 30.3 Å². The van der Waals surface area contributed by atoms with Crippen molar-refractivity contribution in [2.45, 2.75) is 33.1 Å². The number of rotatable bonds is 5. The summed E-state index contributed by atoms with van der Waals surface area (Å²) < 4.78 is 5.04. The highest BCUT2D eigenvalue weighted by Gasteiger charge is 2.14. The highest BCUT2D eigenvalue weighted by molar-refractivity contribution is 7.15. The molecular formula is C10H18N2O2S. The summed E-state index contributed by atoms with van der Waals surface area (Å²) in [4.78, 5) is 7.43. The largest absolute Gasteiger partial charge is 0.391 e. The van der Waals surface area contributed by atoms with Gasteiger partial charge in [0.25, 0.3) is 0 Å². The van der Waals surface area contributed by atoms with Crippen LogP contribution in [0.25, 0.3) is 0 Å². The van der Waals surface area contributed by atoms with Gasteiger partial charge >= 0.3 is 0 Å². The highest BCUT2D eigenvalue weighted by Crippen LogP contribution is 2.27. The summed E-state index contributed by atoms with van der Waals surface area (Å²) in [5, 5.41) is 10.1. The first-order valence-corrected chi connectivity index (χ1v) is 5.73. The summed E-state index contributed by atoms with van der Waals surface area (Å²) in [6.07, 6.45) is 0. The molecule has 0 bridgehead atoms. The van der Waals surface area contributed by atoms with Crippen molar-refractivity contribution in [2.75, 3.05) is 19.1 Å². The average Bonchev–Trinajstić information content (AvgIpc) is 2.60. The zero-order valence-corrected chi connectivity index (χ0v) is 10.5. The smallest absolute Gasteiger partial charge is 0.185 e. The van der Waals surface area contributed by atoms with Crippen molar-refractivity contribution in [1.82, 2.24) is 4.98 Å². The van der Waals surface area contributed by atoms with Crippen molar-refractivity contribution in [2.24, 2.45) is 0 Å². The molecule has 1 aromatic heterocycles. The Bertz CT molecular complexity index is 312. The summed E-state index contributed by atoms with van der Waals surface area (Å²) in [5.74, 6) is 0. The molecule has 0 aliphatic heterocycles. The predicted octanol–water partition coefficient (Wildman–Crippen LogP) is 1.63. The van der Waals surface area contributed by atoms with E-state index in [0.29, 0.717) is 12.6 Å². The van der Waals surface area contributed by atoms with Crippen LogP contribution in [0.5, 0.6) is 0 Å². The van der Waals surface area contributed by atoms with Gasteiger partial charge in [0.05, 0.1) is 23.8 Å². The van der Waals surface area contributed by atoms with E-state index < -0.39 is 0 Å². The van der Waals surface area contributed by atoms with E-state index in [1.165, 1.54) is 11.3 Å². The van der Waals surface area contributed by atoms with Gasteiger partial charge in [0.2, 0.25) is 0 Å². The minimum absolute atomic E-state index is 0.0301. The van der Waals surface area contributed by atoms with Crippen LogP contribution in [0.4, 0.5) is 5.13 Å². The van der Waals surface area contributed by atoms with Crippen molar-refractivity contribution < 1.29 is 9.84 Å². The SMILES string of the molecule is COCc1nc(N(C)C(C)C)sc1CO. The first-order chi connectivity index (χ1) is 7.10. The van der Waals surface area contributed by atoms with Gasteiger partial charge in [-0.25, -0.2) is 4.98 Å². The molecule has 0 saturated heterocycles. The van der Waals surface area contributed by atoms with Crippen LogP contribution in [0.1, 0.15) is 24.4 Å². The molecule has 1 aromatic rings. The zero-order chi connectivity index (χ0) is 11.4. The van der Waals surface area contributed by atoms with E-state index in [9.17, 15) is 5.11 Å². The molecule has 4 nitrogen and oxygen atoms in total. The fourth-order valence-electron chi connectivity index (χ4n) is 1.11. The van der Waals surface area contributed by atoms with E-state index in [0.717, 1.165) is 15.7 Å². The third-order valence-corrected chi connectivity index (χ3v) is 3.44. The second kappa shape index (κ2) is 5.44. The van der Waals surface area contributed by atoms with Crippen molar-refractivity contribution in [3.8, 4) is 0 Å². The highest BCUT2D eigenvalue weighted by atomic mass is 32.1. The number of aliphatic hydroxyl groups is 1. The number of hydrogen-bond donors (Lipinski definition) is 1. The number of methoxy groups -OCH3 is 1. The molecule has 0 fully saturated rings. The Balaban J connectivity index is 2.91. The maximum Gasteiger partial charge on any atom is 0.185 e. The van der Waals surface area contributed by atoms with Crippen LogP contribution < -0.4 is 4.90 Å². The minimum Gasteiger partial charge on any atom is -0.391 e. The van der Waals surface area contributed by atoms with Crippen LogP contribution >= 0.6 is 11.3 Å². The third kappa shape index (κ3) is 2.90. The van der Waals surface area contributed by atoms with E-state index in [1.54, 1.807) is 7.11 Å². The standard InChI is InChI=1S/C10H18N2O2S/c1-7(2)12(3)10-11-8(6-14-4)9(5-13)15-10/h7,13H,5-6H2,1-4H3. The van der Waals surface area contributed by atoms with Gasteiger partial charge in [-0.05, 0) is 13.8 Å². The van der Waals surface area contributed by atoms with Crippen molar-refractivity contribution in [3.05, 3.63) is 10.6 Å². The average molecular weight is 230 g/mol. The second-order valence-electron chi connectivity index (χ2n) is 3.66. The number of aliphatic hydroxyl groups excluding tert-OH is 1. The quantitative estimate of drug-likeness (QED) is 0.835. The molecule has 0 aromatic carbocycles. The molecule has 0 spiro atoms. The molecular weight excluding hydrogens is 212 g/mol. The molecule has 0 aliphatic carbocycles. The molecule has 0 unspecified atom stereocenters. The Labute approximate surface area is 94.5 Å². The van der Waals surface area contributed by atoms with Crippen molar-refractivity contribution in [1.29, 1.82) is 0 Å². The third-order valence-electron chi connectivity index (χ3n) is 2.27. The van der Waals surface area contributed by atoms with E-state index in [1.807, 2.05) is 7.05 Å². The monoisotopic (exact) mass is 230 g/mol. The van der Waals surface area contributed by atoms with Gasteiger partial charge in [0.1, 0.15) is 0 Å². The number of nitrogens with zero attached hydrogens (tertiary/aromatic N) is 2. The first-order valence-electron chi connectivity index (χ1n) is 4.91. The molecule has 5 heteroatoms. The maximum absolute atomic E-state index is 9.18. The van der Waals surface area contributed by atoms with Gasteiger partial charge < -0.3 is 14.7 Å². The zero-order valence-electron chi connectivity index (χ0n) is 9.65. The topological polar surface area (TPSA) is 45.6 Å². The van der Waals surface area contributed by atoms with Crippen LogP contribution in [0.2, 0.25) is 0 Å². The van der Waals surface area contributed by atoms with Gasteiger partial charge in [0, 0.05) is 20.2 Å². The molecule has 15 heavy (non-hydrogen) atoms. The molecule has 0 amide bonds. The maximum atomic E-state index is 9.18. The Morgan fingerprint density at radius 3 is 2.67 bits per heavy atom. The van der Waals surface area contributed by atoms with Crippen LogP contribution in [-0.2, 0) is 18.0 Å². The van der Waals surface area contributed by atoms with E-state index in [-0.39, 0.29) is 6.61 Å². The molecule has 1 N–H and O–H groups in total. The number of hydrogen-bond acceptors (Lipinski definition) is 5. The van der Waals surface area contributed by atoms with Gasteiger partial charge in [-0.2, -0.15) is 0 Å². The summed E-state index contributed by atoms with van der Waals surface area (Å²) in [6.45, 7) is 4.70. The molecule has 1 heterocycles. The van der Waals surface area contributed by atoms with Crippen molar-refractivity contribution >= 4 is 16.5 Å². The number of ether oxygens (including phenoxy) is 1. The lowest BCUT2D eigenvalue weighted by Crippen LogP contribution is -2.25. The van der Waals surface area contributed by atoms with Gasteiger partial charge in [-0.15, -0.1) is 0 Å². The fraction of sp³-hybridized carbons (Fsp3) is 0.700. The fourth-order valence-corrected chi connectivity index (χ4v) is 2.13. The lowest BCUT2D eigenvalue weighted by Gasteiger charge is -2.19. The predicted molar refractivity (Wildman–Crippen MR) is 62.3 cm³/mol. The number of aromatic nitrogens is 1. The summed E-state index contributed by atoms with van der Waals surface area (Å²) in [6, 6.07) is 0.401. The van der Waals surface area contributed by atoms with Crippen molar-refractivity contribution in [3.63, 3.8) is 0 Å². The lowest BCUT2D eigenvalue weighted by molar-refractivity contribution is 0.179. The lowest BCUT2D eigenvalue weighted by atomic mass is 10.4. The van der Waals surface area contributed by atoms with E-state index in [4.69, 9.17) is 4.74 Å². The number of thiazole rings is 1. The summed E-state index contributed by atoms with van der Waals surface area (Å²) in [5.41, 5.74) is 0.840. The van der Waals surface area contributed by atoms with Crippen LogP contribution in [0, 0.1) is 0 Å². The Kier molecular flexibility index (Phi) is 4.50. The summed E-state index contributed by atoms with van der Waals surface area (Å²) in [7, 11) is 3.63. The normalized spacial score (nSPS) is 11.1. The molecule has 0 saturated carbocycles. The minimum atomic E-state index is 0.0301. The molecule has 0 radical (unpaired) electrons. The first kappa shape index (κ1) is 12.4. The van der Waals surface area contributed by atoms with E-state index in [2.05, 4.69) is 23.7 Å². The Morgan fingerprint density at radius 2 is 2.20 bits per heavy atom. The Morgan fingerprint density at radius 1 is 1.53 bits per heavy atom. The van der Waals surface area contributed by atoms with E-state index >= 15 is 0 Å². The molecule has 1 rings (SSSR count). The van der Waals surface area contributed by atoms with Crippen LogP contribution in [0.3, 0.4) is 0 Å². The van der Waals surface area contributed by atoms with Gasteiger partial charge in [-0.1, -0.05) is 11.3 Å². The van der Waals surface area contributed by atoms with Crippen LogP contribution in [0.15, 0.2) is 0 Å². The molecule has 0 atom stereocenters. The molecule has 0 aliphatic rings. The summed E-state index contributed by atoms with van der Waals surface area (Å²) >= 11 is 1.52.